The van der Waals surface area contributed by atoms with Gasteiger partial charge in [-0.3, -0.25) is 4.98 Å². The first-order valence-corrected chi connectivity index (χ1v) is 10.2. The Bertz CT molecular complexity index is 945. The van der Waals surface area contributed by atoms with Gasteiger partial charge in [0, 0.05) is 34.5 Å². The summed E-state index contributed by atoms with van der Waals surface area (Å²) in [6.45, 7) is 0. The van der Waals surface area contributed by atoms with Crippen molar-refractivity contribution in [2.24, 2.45) is 0 Å². The minimum Gasteiger partial charge on any atom is -0.351 e. The van der Waals surface area contributed by atoms with Crippen LogP contribution in [0, 0.1) is 5.82 Å². The first-order valence-electron chi connectivity index (χ1n) is 9.45. The van der Waals surface area contributed by atoms with Crippen LogP contribution >= 0.6 is 15.9 Å². The van der Waals surface area contributed by atoms with E-state index in [1.807, 2.05) is 18.2 Å². The van der Waals surface area contributed by atoms with E-state index in [2.05, 4.69) is 36.5 Å². The molecule has 0 amide bonds. The number of benzene rings is 1. The Morgan fingerprint density at radius 2 is 1.75 bits per heavy atom. The molecule has 1 saturated carbocycles. The predicted octanol–water partition coefficient (Wildman–Crippen LogP) is 5.93. The summed E-state index contributed by atoms with van der Waals surface area (Å²) in [6.07, 6.45) is 9.51. The van der Waals surface area contributed by atoms with Crippen LogP contribution in [0.1, 0.15) is 32.1 Å². The van der Waals surface area contributed by atoms with Crippen LogP contribution in [0.15, 0.2) is 53.3 Å². The number of anilines is 3. The molecule has 3 aromatic rings. The Morgan fingerprint density at radius 1 is 0.964 bits per heavy atom. The summed E-state index contributed by atoms with van der Waals surface area (Å²) < 4.78 is 14.0. The van der Waals surface area contributed by atoms with Crippen molar-refractivity contribution in [3.8, 4) is 11.3 Å². The van der Waals surface area contributed by atoms with E-state index in [-0.39, 0.29) is 5.82 Å². The Hall–Kier alpha value is -2.54. The maximum Gasteiger partial charge on any atom is 0.225 e. The third-order valence-electron chi connectivity index (χ3n) is 4.83. The minimum absolute atomic E-state index is 0.294. The van der Waals surface area contributed by atoms with Gasteiger partial charge in [-0.1, -0.05) is 19.3 Å². The van der Waals surface area contributed by atoms with Crippen molar-refractivity contribution in [1.82, 2.24) is 15.0 Å². The largest absolute Gasteiger partial charge is 0.351 e. The second-order valence-corrected chi connectivity index (χ2v) is 7.78. The SMILES string of the molecule is Fc1ccc(Nc2cc(-c3ccncc3)nc(NC3CCCCC3)n2)c(Br)c1. The molecule has 1 aliphatic carbocycles. The van der Waals surface area contributed by atoms with E-state index in [0.717, 1.165) is 29.8 Å². The van der Waals surface area contributed by atoms with Gasteiger partial charge >= 0.3 is 0 Å². The zero-order valence-electron chi connectivity index (χ0n) is 15.3. The van der Waals surface area contributed by atoms with E-state index in [1.54, 1.807) is 18.5 Å². The molecule has 0 aliphatic heterocycles. The lowest BCUT2D eigenvalue weighted by Gasteiger charge is -2.23. The van der Waals surface area contributed by atoms with Gasteiger partial charge in [-0.05, 0) is 59.1 Å². The van der Waals surface area contributed by atoms with Crippen LogP contribution in [0.3, 0.4) is 0 Å². The Labute approximate surface area is 172 Å². The average molecular weight is 442 g/mol. The lowest BCUT2D eigenvalue weighted by molar-refractivity contribution is 0.461. The van der Waals surface area contributed by atoms with Crippen molar-refractivity contribution in [2.45, 2.75) is 38.1 Å². The molecular weight excluding hydrogens is 421 g/mol. The maximum absolute atomic E-state index is 13.4. The standard InChI is InChI=1S/C21H21BrFN5/c22-17-12-15(23)6-7-18(17)26-20-13-19(14-8-10-24-11-9-14)27-21(28-20)25-16-4-2-1-3-5-16/h6-13,16H,1-5H2,(H2,25,26,27,28). The highest BCUT2D eigenvalue weighted by Crippen LogP contribution is 2.29. The first-order chi connectivity index (χ1) is 13.7. The highest BCUT2D eigenvalue weighted by molar-refractivity contribution is 9.10. The molecule has 0 spiro atoms. The van der Waals surface area contributed by atoms with Crippen LogP contribution in [0.25, 0.3) is 11.3 Å². The summed E-state index contributed by atoms with van der Waals surface area (Å²) in [5, 5.41) is 6.76. The van der Waals surface area contributed by atoms with E-state index in [4.69, 9.17) is 4.98 Å². The lowest BCUT2D eigenvalue weighted by Crippen LogP contribution is -2.23. The fourth-order valence-corrected chi connectivity index (χ4v) is 3.85. The summed E-state index contributed by atoms with van der Waals surface area (Å²) in [6, 6.07) is 10.6. The molecule has 1 aromatic carbocycles. The monoisotopic (exact) mass is 441 g/mol. The molecule has 0 atom stereocenters. The summed E-state index contributed by atoms with van der Waals surface area (Å²) in [7, 11) is 0. The molecule has 4 rings (SSSR count). The van der Waals surface area contributed by atoms with Crippen LogP contribution in [0.5, 0.6) is 0 Å². The number of nitrogens with zero attached hydrogens (tertiary/aromatic N) is 3. The predicted molar refractivity (Wildman–Crippen MR) is 113 cm³/mol. The first kappa shape index (κ1) is 18.8. The zero-order chi connectivity index (χ0) is 19.3. The zero-order valence-corrected chi connectivity index (χ0v) is 16.9. The number of nitrogens with one attached hydrogen (secondary N) is 2. The van der Waals surface area contributed by atoms with Gasteiger partial charge in [0.15, 0.2) is 0 Å². The Kier molecular flexibility index (Phi) is 5.81. The summed E-state index contributed by atoms with van der Waals surface area (Å²) in [5.74, 6) is 0.951. The number of rotatable bonds is 5. The van der Waals surface area contributed by atoms with Crippen molar-refractivity contribution < 1.29 is 4.39 Å². The summed E-state index contributed by atoms with van der Waals surface area (Å²) in [5.41, 5.74) is 2.51. The maximum atomic E-state index is 13.4. The fraction of sp³-hybridized carbons (Fsp3) is 0.286. The van der Waals surface area contributed by atoms with E-state index in [0.29, 0.717) is 22.3 Å². The Balaban J connectivity index is 1.66. The Morgan fingerprint density at radius 3 is 2.50 bits per heavy atom. The van der Waals surface area contributed by atoms with E-state index < -0.39 is 0 Å². The molecule has 2 heterocycles. The molecular formula is C21H21BrFN5. The molecule has 144 valence electrons. The van der Waals surface area contributed by atoms with Crippen molar-refractivity contribution in [2.75, 3.05) is 10.6 Å². The van der Waals surface area contributed by atoms with Gasteiger partial charge < -0.3 is 10.6 Å². The molecule has 0 bridgehead atoms. The minimum atomic E-state index is -0.294. The molecule has 7 heteroatoms. The number of hydrogen-bond acceptors (Lipinski definition) is 5. The average Bonchev–Trinajstić information content (AvgIpc) is 2.71. The highest BCUT2D eigenvalue weighted by Gasteiger charge is 2.16. The van der Waals surface area contributed by atoms with Gasteiger partial charge in [-0.2, -0.15) is 4.98 Å². The van der Waals surface area contributed by atoms with Gasteiger partial charge in [0.05, 0.1) is 11.4 Å². The van der Waals surface area contributed by atoms with Crippen molar-refractivity contribution >= 4 is 33.4 Å². The molecule has 0 unspecified atom stereocenters. The molecule has 2 aromatic heterocycles. The summed E-state index contributed by atoms with van der Waals surface area (Å²) >= 11 is 3.40. The quantitative estimate of drug-likeness (QED) is 0.513. The van der Waals surface area contributed by atoms with Crippen molar-refractivity contribution in [3.63, 3.8) is 0 Å². The summed E-state index contributed by atoms with van der Waals surface area (Å²) in [4.78, 5) is 13.4. The molecule has 28 heavy (non-hydrogen) atoms. The lowest BCUT2D eigenvalue weighted by atomic mass is 9.96. The highest BCUT2D eigenvalue weighted by atomic mass is 79.9. The normalized spacial score (nSPS) is 14.6. The van der Waals surface area contributed by atoms with Crippen LogP contribution in [0.4, 0.5) is 21.8 Å². The number of pyridine rings is 1. The molecule has 0 saturated heterocycles. The van der Waals surface area contributed by atoms with Gasteiger partial charge in [0.1, 0.15) is 11.6 Å². The molecule has 2 N–H and O–H groups in total. The fourth-order valence-electron chi connectivity index (χ4n) is 3.40. The second kappa shape index (κ2) is 8.65. The van der Waals surface area contributed by atoms with Crippen molar-refractivity contribution in [1.29, 1.82) is 0 Å². The van der Waals surface area contributed by atoms with Gasteiger partial charge in [0.25, 0.3) is 0 Å². The van der Waals surface area contributed by atoms with Gasteiger partial charge in [-0.15, -0.1) is 0 Å². The molecule has 0 radical (unpaired) electrons. The molecule has 1 aliphatic rings. The number of aromatic nitrogens is 3. The third kappa shape index (κ3) is 4.65. The number of halogens is 2. The van der Waals surface area contributed by atoms with E-state index >= 15 is 0 Å². The van der Waals surface area contributed by atoms with E-state index in [9.17, 15) is 4.39 Å². The molecule has 1 fully saturated rings. The topological polar surface area (TPSA) is 62.7 Å². The van der Waals surface area contributed by atoms with Gasteiger partial charge in [-0.25, -0.2) is 9.37 Å². The van der Waals surface area contributed by atoms with E-state index in [1.165, 1.54) is 31.4 Å². The smallest absolute Gasteiger partial charge is 0.225 e. The van der Waals surface area contributed by atoms with Crippen LogP contribution < -0.4 is 10.6 Å². The van der Waals surface area contributed by atoms with Crippen molar-refractivity contribution in [3.05, 3.63) is 59.1 Å². The second-order valence-electron chi connectivity index (χ2n) is 6.93. The van der Waals surface area contributed by atoms with Gasteiger partial charge in [0.2, 0.25) is 5.95 Å². The van der Waals surface area contributed by atoms with Crippen LogP contribution in [-0.4, -0.2) is 21.0 Å². The number of hydrogen-bond donors (Lipinski definition) is 2. The third-order valence-corrected chi connectivity index (χ3v) is 5.49. The van der Waals surface area contributed by atoms with Crippen LogP contribution in [0.2, 0.25) is 0 Å². The molecule has 5 nitrogen and oxygen atoms in total. The van der Waals surface area contributed by atoms with Crippen LogP contribution in [-0.2, 0) is 0 Å².